The predicted molar refractivity (Wildman–Crippen MR) is 105 cm³/mol. The molecule has 0 spiro atoms. The van der Waals surface area contributed by atoms with Crippen LogP contribution in [0, 0.1) is 0 Å². The molecular weight excluding hydrogens is 382 g/mol. The molecule has 0 rings (SSSR count). The second kappa shape index (κ2) is 19.2. The van der Waals surface area contributed by atoms with E-state index < -0.39 is 33.7 Å². The Morgan fingerprint density at radius 2 is 1.31 bits per heavy atom. The van der Waals surface area contributed by atoms with Crippen molar-refractivity contribution < 1.29 is 32.4 Å². The normalized spacial score (nSPS) is 11.8. The molecule has 0 radical (unpaired) electrons. The van der Waals surface area contributed by atoms with Gasteiger partial charge in [0.05, 0.1) is 13.0 Å². The van der Waals surface area contributed by atoms with Gasteiger partial charge in [-0.05, 0) is 6.42 Å². The molecule has 0 amide bonds. The first-order valence-corrected chi connectivity index (χ1v) is 10.1. The van der Waals surface area contributed by atoms with Gasteiger partial charge in [-0.3, -0.25) is 14.1 Å². The number of carbonyl (C=O) groups excluding carboxylic acids is 1. The molecule has 0 aromatic rings. The van der Waals surface area contributed by atoms with Crippen LogP contribution in [0.2, 0.25) is 0 Å². The van der Waals surface area contributed by atoms with E-state index >= 15 is 0 Å². The molecule has 0 aromatic carbocycles. The van der Waals surface area contributed by atoms with E-state index in [9.17, 15) is 18.0 Å². The number of ether oxygens (including phenoxy) is 1. The molecule has 26 heavy (non-hydrogen) atoms. The molecule has 1 atom stereocenters. The summed E-state index contributed by atoms with van der Waals surface area (Å²) in [6.45, 7) is 2.22. The maximum absolute atomic E-state index is 11.6. The average molecular weight is 414 g/mol. The second-order valence-electron chi connectivity index (χ2n) is 5.95. The predicted octanol–water partition coefficient (Wildman–Crippen LogP) is 1.88. The van der Waals surface area contributed by atoms with E-state index in [0.717, 1.165) is 19.3 Å². The fourth-order valence-corrected chi connectivity index (χ4v) is 2.99. The number of esters is 1. The van der Waals surface area contributed by atoms with E-state index in [1.165, 1.54) is 38.5 Å². The van der Waals surface area contributed by atoms with Gasteiger partial charge in [0.1, 0.15) is 0 Å². The molecule has 1 unspecified atom stereocenters. The number of carboxylic acid groups (broad SMARTS) is 1. The molecule has 0 aliphatic rings. The summed E-state index contributed by atoms with van der Waals surface area (Å²) in [6, 6.07) is 0. The standard InChI is InChI=1S/C16H30O7S.2Na.2H/c1-2-3-4-5-6-7-8-9-10-11-12-23-16(19)14(13-15(17)18)24(20,21)22;;;;/h14H,2-13H2,1H3,(H,17,18)(H,20,21,22);;;;. The van der Waals surface area contributed by atoms with Crippen molar-refractivity contribution in [3.8, 4) is 0 Å². The summed E-state index contributed by atoms with van der Waals surface area (Å²) in [5.41, 5.74) is 0. The second-order valence-corrected chi connectivity index (χ2v) is 7.55. The van der Waals surface area contributed by atoms with E-state index in [1.54, 1.807) is 0 Å². The summed E-state index contributed by atoms with van der Waals surface area (Å²) in [6.07, 6.45) is 10.1. The monoisotopic (exact) mass is 414 g/mol. The number of hydrogen-bond acceptors (Lipinski definition) is 5. The third-order valence-corrected chi connectivity index (χ3v) is 4.80. The summed E-state index contributed by atoms with van der Waals surface area (Å²) in [5, 5.41) is 6.52. The quantitative estimate of drug-likeness (QED) is 0.182. The van der Waals surface area contributed by atoms with Crippen molar-refractivity contribution in [2.45, 2.75) is 82.8 Å². The minimum absolute atomic E-state index is 0. The Balaban J connectivity index is -0.00000264. The Bertz CT molecular complexity index is 469. The number of carboxylic acids is 1. The molecule has 2 N–H and O–H groups in total. The van der Waals surface area contributed by atoms with Crippen LogP contribution >= 0.6 is 0 Å². The molecule has 0 aliphatic carbocycles. The number of aliphatic carboxylic acids is 1. The number of hydrogen-bond donors (Lipinski definition) is 2. The van der Waals surface area contributed by atoms with Crippen LogP contribution in [0.15, 0.2) is 0 Å². The molecule has 7 nitrogen and oxygen atoms in total. The average Bonchev–Trinajstić information content (AvgIpc) is 2.48. The molecule has 0 saturated heterocycles. The summed E-state index contributed by atoms with van der Waals surface area (Å²) in [4.78, 5) is 22.1. The molecule has 0 aromatic heterocycles. The van der Waals surface area contributed by atoms with Gasteiger partial charge in [0.2, 0.25) is 0 Å². The van der Waals surface area contributed by atoms with Crippen LogP contribution in [0.3, 0.4) is 0 Å². The van der Waals surface area contributed by atoms with Gasteiger partial charge >= 0.3 is 71.1 Å². The van der Waals surface area contributed by atoms with Gasteiger partial charge in [-0.25, -0.2) is 0 Å². The summed E-state index contributed by atoms with van der Waals surface area (Å²) < 4.78 is 35.6. The first-order chi connectivity index (χ1) is 11.3. The Labute approximate surface area is 201 Å². The van der Waals surface area contributed by atoms with Crippen LogP contribution in [0.4, 0.5) is 0 Å². The molecule has 0 aliphatic heterocycles. The van der Waals surface area contributed by atoms with E-state index in [1.807, 2.05) is 0 Å². The van der Waals surface area contributed by atoms with Gasteiger partial charge in [-0.1, -0.05) is 64.7 Å². The van der Waals surface area contributed by atoms with Gasteiger partial charge in [0.25, 0.3) is 10.1 Å². The zero-order valence-corrected chi connectivity index (χ0v) is 15.2. The topological polar surface area (TPSA) is 118 Å². The fraction of sp³-hybridized carbons (Fsp3) is 0.875. The van der Waals surface area contributed by atoms with Crippen molar-refractivity contribution in [2.75, 3.05) is 6.61 Å². The molecule has 10 heteroatoms. The van der Waals surface area contributed by atoms with Gasteiger partial charge in [0, 0.05) is 0 Å². The van der Waals surface area contributed by atoms with Crippen molar-refractivity contribution in [1.29, 1.82) is 0 Å². The Morgan fingerprint density at radius 3 is 1.69 bits per heavy atom. The Kier molecular flexibility index (Phi) is 23.3. The number of unbranched alkanes of at least 4 members (excludes halogenated alkanes) is 9. The third-order valence-electron chi connectivity index (χ3n) is 3.72. The first kappa shape index (κ1) is 31.5. The van der Waals surface area contributed by atoms with Crippen molar-refractivity contribution in [3.05, 3.63) is 0 Å². The minimum atomic E-state index is -4.78. The van der Waals surface area contributed by atoms with E-state index in [0.29, 0.717) is 6.42 Å². The van der Waals surface area contributed by atoms with Crippen LogP contribution in [0.25, 0.3) is 0 Å². The first-order valence-electron chi connectivity index (χ1n) is 8.63. The summed E-state index contributed by atoms with van der Waals surface area (Å²) >= 11 is 0. The van der Waals surface area contributed by atoms with Gasteiger partial charge in [-0.2, -0.15) is 8.42 Å². The summed E-state index contributed by atoms with van der Waals surface area (Å²) in [7, 11) is -4.78. The molecular formula is C16H32Na2O7S. The van der Waals surface area contributed by atoms with Crippen molar-refractivity contribution in [3.63, 3.8) is 0 Å². The Hall–Kier alpha value is 0.850. The van der Waals surface area contributed by atoms with Gasteiger partial charge in [-0.15, -0.1) is 0 Å². The van der Waals surface area contributed by atoms with Gasteiger partial charge in [0.15, 0.2) is 5.25 Å². The van der Waals surface area contributed by atoms with E-state index in [4.69, 9.17) is 14.4 Å². The van der Waals surface area contributed by atoms with E-state index in [-0.39, 0.29) is 65.7 Å². The molecule has 0 heterocycles. The Morgan fingerprint density at radius 1 is 0.885 bits per heavy atom. The van der Waals surface area contributed by atoms with Crippen molar-refractivity contribution in [1.82, 2.24) is 0 Å². The van der Waals surface area contributed by atoms with Gasteiger partial charge < -0.3 is 9.84 Å². The summed E-state index contributed by atoms with van der Waals surface area (Å²) in [5.74, 6) is -2.70. The molecule has 0 saturated carbocycles. The number of rotatable bonds is 15. The molecule has 0 bridgehead atoms. The molecule has 0 fully saturated rings. The van der Waals surface area contributed by atoms with Crippen molar-refractivity contribution >= 4 is 81.2 Å². The molecule has 146 valence electrons. The SMILES string of the molecule is CCCCCCCCCCCCOC(=O)C(CC(=O)O)S(=O)(=O)O.[NaH].[NaH]. The maximum atomic E-state index is 11.6. The number of carbonyl (C=O) groups is 2. The fourth-order valence-electron chi connectivity index (χ4n) is 2.32. The van der Waals surface area contributed by atoms with E-state index in [2.05, 4.69) is 6.92 Å². The zero-order valence-electron chi connectivity index (χ0n) is 14.4. The zero-order chi connectivity index (χ0) is 18.4. The third kappa shape index (κ3) is 18.2. The van der Waals surface area contributed by atoms with Crippen LogP contribution in [-0.2, 0) is 24.4 Å². The van der Waals surface area contributed by atoms with Crippen LogP contribution in [0.1, 0.15) is 77.6 Å². The van der Waals surface area contributed by atoms with Crippen molar-refractivity contribution in [2.24, 2.45) is 0 Å². The van der Waals surface area contributed by atoms with Crippen LogP contribution in [-0.4, -0.2) is 101 Å². The van der Waals surface area contributed by atoms with Crippen LogP contribution < -0.4 is 0 Å². The van der Waals surface area contributed by atoms with Crippen LogP contribution in [0.5, 0.6) is 0 Å².